The third-order valence-electron chi connectivity index (χ3n) is 11.3. The van der Waals surface area contributed by atoms with Crippen LogP contribution in [-0.2, 0) is 0 Å². The summed E-state index contributed by atoms with van der Waals surface area (Å²) in [5.74, 6) is 6.72. The van der Waals surface area contributed by atoms with Crippen LogP contribution >= 0.6 is 0 Å². The molecule has 0 heterocycles. The van der Waals surface area contributed by atoms with Gasteiger partial charge in [-0.05, 0) is 122 Å². The standard InChI is InChI=1S/C29H50O/c1-7-21(19(2)3)9-8-20(4)25-12-13-26-24-11-10-22-18-23(30)14-16-28(22,5)27(24)15-17-29(25,26)6/h8-9,19-27,30H,7,10-18H2,1-6H3/t20-,21+,22+,23+,24+,25-,26+,27+,28+,29-/m1/s1. The van der Waals surface area contributed by atoms with Gasteiger partial charge in [-0.25, -0.2) is 0 Å². The van der Waals surface area contributed by atoms with E-state index in [1.807, 2.05) is 0 Å². The lowest BCUT2D eigenvalue weighted by molar-refractivity contribution is -0.128. The predicted octanol–water partition coefficient (Wildman–Crippen LogP) is 7.88. The number of hydrogen-bond acceptors (Lipinski definition) is 1. The molecule has 4 rings (SSSR count). The highest BCUT2D eigenvalue weighted by atomic mass is 16.3. The first-order valence-corrected chi connectivity index (χ1v) is 13.6. The van der Waals surface area contributed by atoms with Crippen LogP contribution in [0, 0.1) is 58.2 Å². The number of aliphatic hydroxyl groups excluding tert-OH is 1. The largest absolute Gasteiger partial charge is 0.393 e. The Kier molecular flexibility index (Phi) is 6.53. The highest BCUT2D eigenvalue weighted by Gasteiger charge is 2.60. The third kappa shape index (κ3) is 3.74. The Morgan fingerprint density at radius 3 is 2.27 bits per heavy atom. The van der Waals surface area contributed by atoms with Crippen molar-refractivity contribution in [2.75, 3.05) is 0 Å². The average Bonchev–Trinajstić information content (AvgIpc) is 3.06. The van der Waals surface area contributed by atoms with Crippen LogP contribution < -0.4 is 0 Å². The molecule has 4 aliphatic carbocycles. The maximum atomic E-state index is 10.3. The first-order chi connectivity index (χ1) is 14.2. The lowest BCUT2D eigenvalue weighted by Gasteiger charge is -2.61. The molecule has 0 aromatic heterocycles. The number of hydrogen-bond donors (Lipinski definition) is 1. The van der Waals surface area contributed by atoms with Gasteiger partial charge in [0, 0.05) is 0 Å². The second-order valence-electron chi connectivity index (χ2n) is 12.9. The van der Waals surface area contributed by atoms with E-state index in [-0.39, 0.29) is 6.10 Å². The highest BCUT2D eigenvalue weighted by molar-refractivity contribution is 5.11. The van der Waals surface area contributed by atoms with Gasteiger partial charge in [-0.2, -0.15) is 0 Å². The Labute approximate surface area is 187 Å². The molecule has 0 bridgehead atoms. The van der Waals surface area contributed by atoms with Gasteiger partial charge in [0.15, 0.2) is 0 Å². The molecule has 0 aromatic rings. The Hall–Kier alpha value is -0.300. The first kappa shape index (κ1) is 22.9. The molecule has 0 saturated heterocycles. The monoisotopic (exact) mass is 414 g/mol. The van der Waals surface area contributed by atoms with Gasteiger partial charge in [0.25, 0.3) is 0 Å². The normalized spacial score (nSPS) is 48.3. The molecule has 172 valence electrons. The summed E-state index contributed by atoms with van der Waals surface area (Å²) in [6.07, 6.45) is 18.5. The van der Waals surface area contributed by atoms with E-state index in [4.69, 9.17) is 0 Å². The summed E-state index contributed by atoms with van der Waals surface area (Å²) in [4.78, 5) is 0. The SMILES string of the molecule is CC[C@@H](C=C[C@@H](C)[C@H]1CC[C@H]2[C@@H]3CC[C@H]4C[C@@H](O)CC[C@]4(C)[C@H]3CC[C@]12C)C(C)C. The molecule has 1 N–H and O–H groups in total. The topological polar surface area (TPSA) is 20.2 Å². The summed E-state index contributed by atoms with van der Waals surface area (Å²) in [7, 11) is 0. The van der Waals surface area contributed by atoms with Crippen molar-refractivity contribution in [2.24, 2.45) is 58.2 Å². The molecule has 1 nitrogen and oxygen atoms in total. The van der Waals surface area contributed by atoms with Gasteiger partial charge in [-0.15, -0.1) is 0 Å². The van der Waals surface area contributed by atoms with Crippen molar-refractivity contribution >= 4 is 0 Å². The molecular weight excluding hydrogens is 364 g/mol. The van der Waals surface area contributed by atoms with Crippen molar-refractivity contribution in [3.8, 4) is 0 Å². The number of rotatable bonds is 5. The van der Waals surface area contributed by atoms with Crippen LogP contribution in [0.2, 0.25) is 0 Å². The lowest BCUT2D eigenvalue weighted by Crippen LogP contribution is -2.54. The van der Waals surface area contributed by atoms with Crippen molar-refractivity contribution in [1.82, 2.24) is 0 Å². The highest BCUT2D eigenvalue weighted by Crippen LogP contribution is 2.68. The van der Waals surface area contributed by atoms with Gasteiger partial charge in [-0.1, -0.05) is 53.7 Å². The van der Waals surface area contributed by atoms with Gasteiger partial charge in [0.2, 0.25) is 0 Å². The van der Waals surface area contributed by atoms with E-state index in [1.165, 1.54) is 51.4 Å². The second kappa shape index (κ2) is 8.57. The van der Waals surface area contributed by atoms with Crippen molar-refractivity contribution in [1.29, 1.82) is 0 Å². The van der Waals surface area contributed by atoms with Crippen molar-refractivity contribution in [2.45, 2.75) is 112 Å². The summed E-state index contributed by atoms with van der Waals surface area (Å²) in [5.41, 5.74) is 1.07. The van der Waals surface area contributed by atoms with Gasteiger partial charge in [0.05, 0.1) is 6.10 Å². The zero-order valence-corrected chi connectivity index (χ0v) is 20.9. The summed E-state index contributed by atoms with van der Waals surface area (Å²) in [5, 5.41) is 10.3. The van der Waals surface area contributed by atoms with Crippen LogP contribution in [0.15, 0.2) is 12.2 Å². The molecule has 0 aromatic carbocycles. The number of allylic oxidation sites excluding steroid dienone is 2. The summed E-state index contributed by atoms with van der Waals surface area (Å²) >= 11 is 0. The summed E-state index contributed by atoms with van der Waals surface area (Å²) in [6.45, 7) is 14.9. The van der Waals surface area contributed by atoms with Gasteiger partial charge in [-0.3, -0.25) is 0 Å². The minimum atomic E-state index is -0.0187. The molecule has 30 heavy (non-hydrogen) atoms. The molecular formula is C29H50O. The fraction of sp³-hybridized carbons (Fsp3) is 0.931. The van der Waals surface area contributed by atoms with Crippen molar-refractivity contribution in [3.63, 3.8) is 0 Å². The molecule has 10 atom stereocenters. The van der Waals surface area contributed by atoms with E-state index < -0.39 is 0 Å². The van der Waals surface area contributed by atoms with Crippen LogP contribution in [0.25, 0.3) is 0 Å². The minimum Gasteiger partial charge on any atom is -0.393 e. The quantitative estimate of drug-likeness (QED) is 0.454. The minimum absolute atomic E-state index is 0.0187. The maximum Gasteiger partial charge on any atom is 0.0543 e. The lowest BCUT2D eigenvalue weighted by atomic mass is 9.44. The Balaban J connectivity index is 1.49. The number of aliphatic hydroxyl groups is 1. The fourth-order valence-corrected chi connectivity index (χ4v) is 9.42. The molecule has 0 spiro atoms. The van der Waals surface area contributed by atoms with Gasteiger partial charge < -0.3 is 5.11 Å². The predicted molar refractivity (Wildman–Crippen MR) is 128 cm³/mol. The van der Waals surface area contributed by atoms with Gasteiger partial charge in [0.1, 0.15) is 0 Å². The van der Waals surface area contributed by atoms with E-state index in [0.29, 0.717) is 10.8 Å². The Bertz CT molecular complexity index is 622. The van der Waals surface area contributed by atoms with Crippen molar-refractivity contribution < 1.29 is 5.11 Å². The van der Waals surface area contributed by atoms with Crippen molar-refractivity contribution in [3.05, 3.63) is 12.2 Å². The van der Waals surface area contributed by atoms with Crippen LogP contribution in [-0.4, -0.2) is 11.2 Å². The maximum absolute atomic E-state index is 10.3. The van der Waals surface area contributed by atoms with E-state index in [2.05, 4.69) is 53.7 Å². The van der Waals surface area contributed by atoms with E-state index in [1.54, 1.807) is 0 Å². The van der Waals surface area contributed by atoms with E-state index >= 15 is 0 Å². The zero-order valence-electron chi connectivity index (χ0n) is 20.9. The zero-order chi connectivity index (χ0) is 21.7. The average molecular weight is 415 g/mol. The Morgan fingerprint density at radius 1 is 0.867 bits per heavy atom. The molecule has 4 fully saturated rings. The summed E-state index contributed by atoms with van der Waals surface area (Å²) in [6, 6.07) is 0. The fourth-order valence-electron chi connectivity index (χ4n) is 9.42. The van der Waals surface area contributed by atoms with Crippen LogP contribution in [0.4, 0.5) is 0 Å². The molecule has 0 aliphatic heterocycles. The van der Waals surface area contributed by atoms with Crippen LogP contribution in [0.1, 0.15) is 106 Å². The van der Waals surface area contributed by atoms with Gasteiger partial charge >= 0.3 is 0 Å². The number of fused-ring (bicyclic) bond motifs is 5. The molecule has 0 unspecified atom stereocenters. The molecule has 0 amide bonds. The third-order valence-corrected chi connectivity index (χ3v) is 11.3. The second-order valence-corrected chi connectivity index (χ2v) is 12.9. The first-order valence-electron chi connectivity index (χ1n) is 13.6. The van der Waals surface area contributed by atoms with E-state index in [9.17, 15) is 5.11 Å². The molecule has 0 radical (unpaired) electrons. The molecule has 4 saturated carbocycles. The molecule has 4 aliphatic rings. The smallest absolute Gasteiger partial charge is 0.0543 e. The summed E-state index contributed by atoms with van der Waals surface area (Å²) < 4.78 is 0. The van der Waals surface area contributed by atoms with Crippen LogP contribution in [0.3, 0.4) is 0 Å². The molecule has 1 heteroatoms. The van der Waals surface area contributed by atoms with Crippen LogP contribution in [0.5, 0.6) is 0 Å². The Morgan fingerprint density at radius 2 is 1.57 bits per heavy atom. The van der Waals surface area contributed by atoms with E-state index in [0.717, 1.165) is 60.2 Å².